The number of para-hydroxylation sites is 2. The van der Waals surface area contributed by atoms with Crippen LogP contribution in [0.15, 0.2) is 36.9 Å². The molecule has 0 atom stereocenters. The van der Waals surface area contributed by atoms with Crippen LogP contribution in [-0.4, -0.2) is 30.2 Å². The lowest BCUT2D eigenvalue weighted by atomic mass is 10.3. The molecule has 0 aliphatic carbocycles. The first-order valence-corrected chi connectivity index (χ1v) is 8.06. The van der Waals surface area contributed by atoms with E-state index in [2.05, 4.69) is 17.2 Å². The average molecular weight is 350 g/mol. The van der Waals surface area contributed by atoms with E-state index in [9.17, 15) is 9.59 Å². The number of carbonyl (C=O) groups excluding carboxylic acids is 2. The molecule has 1 amide bonds. The van der Waals surface area contributed by atoms with Crippen molar-refractivity contribution in [2.45, 2.75) is 26.2 Å². The van der Waals surface area contributed by atoms with Gasteiger partial charge in [-0.05, 0) is 30.8 Å². The number of hydrogen-bond donors (Lipinski definition) is 2. The first-order valence-electron chi connectivity index (χ1n) is 7.66. The standard InChI is InChI=1S/C17H22N2O4S/c1-3-11-22-14-8-6-5-7-13(14)18-17(24)19-15(20)9-10-16(21)23-12-4-2/h3,5-8H,1,4,9-12H2,2H3,(H2,18,19,20,24). The van der Waals surface area contributed by atoms with Crippen LogP contribution in [0.3, 0.4) is 0 Å². The van der Waals surface area contributed by atoms with Crippen LogP contribution >= 0.6 is 12.2 Å². The Kier molecular flexibility index (Phi) is 9.14. The van der Waals surface area contributed by atoms with Gasteiger partial charge in [-0.1, -0.05) is 31.7 Å². The van der Waals surface area contributed by atoms with Gasteiger partial charge in [-0.15, -0.1) is 0 Å². The molecule has 0 bridgehead atoms. The fourth-order valence-corrected chi connectivity index (χ4v) is 1.91. The molecule has 1 aromatic rings. The highest BCUT2D eigenvalue weighted by Gasteiger charge is 2.10. The highest BCUT2D eigenvalue weighted by atomic mass is 32.1. The molecule has 2 N–H and O–H groups in total. The minimum absolute atomic E-state index is 0.0129. The average Bonchev–Trinajstić information content (AvgIpc) is 2.57. The Bertz CT molecular complexity index is 590. The molecule has 0 unspecified atom stereocenters. The maximum absolute atomic E-state index is 11.8. The summed E-state index contributed by atoms with van der Waals surface area (Å²) < 4.78 is 10.4. The van der Waals surface area contributed by atoms with Crippen LogP contribution in [0, 0.1) is 0 Å². The zero-order chi connectivity index (χ0) is 17.8. The van der Waals surface area contributed by atoms with E-state index in [4.69, 9.17) is 21.7 Å². The minimum atomic E-state index is -0.394. The Balaban J connectivity index is 2.44. The number of benzene rings is 1. The highest BCUT2D eigenvalue weighted by Crippen LogP contribution is 2.23. The van der Waals surface area contributed by atoms with E-state index in [0.29, 0.717) is 24.7 Å². The normalized spacial score (nSPS) is 9.71. The number of ether oxygens (including phenoxy) is 2. The molecule has 0 aliphatic heterocycles. The van der Waals surface area contributed by atoms with E-state index in [1.165, 1.54) is 0 Å². The molecule has 0 heterocycles. The van der Waals surface area contributed by atoms with Gasteiger partial charge in [0.15, 0.2) is 5.11 Å². The van der Waals surface area contributed by atoms with Crippen molar-refractivity contribution in [1.29, 1.82) is 0 Å². The maximum Gasteiger partial charge on any atom is 0.306 e. The van der Waals surface area contributed by atoms with Crippen LogP contribution in [-0.2, 0) is 14.3 Å². The molecule has 0 spiro atoms. The summed E-state index contributed by atoms with van der Waals surface area (Å²) in [4.78, 5) is 23.1. The number of esters is 1. The van der Waals surface area contributed by atoms with Crippen molar-refractivity contribution in [2.24, 2.45) is 0 Å². The van der Waals surface area contributed by atoms with Crippen LogP contribution in [0.4, 0.5) is 5.69 Å². The monoisotopic (exact) mass is 350 g/mol. The summed E-state index contributed by atoms with van der Waals surface area (Å²) in [7, 11) is 0. The fourth-order valence-electron chi connectivity index (χ4n) is 1.69. The third kappa shape index (κ3) is 7.73. The molecular weight excluding hydrogens is 328 g/mol. The van der Waals surface area contributed by atoms with Gasteiger partial charge in [0, 0.05) is 6.42 Å². The predicted octanol–water partition coefficient (Wildman–Crippen LogP) is 2.80. The molecule has 0 radical (unpaired) electrons. The fraction of sp³-hybridized carbons (Fsp3) is 0.353. The lowest BCUT2D eigenvalue weighted by Crippen LogP contribution is -2.34. The number of carbonyl (C=O) groups is 2. The Labute approximate surface area is 147 Å². The van der Waals surface area contributed by atoms with Gasteiger partial charge in [-0.3, -0.25) is 9.59 Å². The molecule has 0 saturated carbocycles. The quantitative estimate of drug-likeness (QED) is 0.405. The minimum Gasteiger partial charge on any atom is -0.487 e. The zero-order valence-electron chi connectivity index (χ0n) is 13.7. The van der Waals surface area contributed by atoms with Crippen LogP contribution < -0.4 is 15.4 Å². The molecule has 130 valence electrons. The van der Waals surface area contributed by atoms with Gasteiger partial charge in [0.05, 0.1) is 18.7 Å². The second kappa shape index (κ2) is 11.2. The van der Waals surface area contributed by atoms with Crippen molar-refractivity contribution < 1.29 is 19.1 Å². The van der Waals surface area contributed by atoms with Crippen molar-refractivity contribution in [2.75, 3.05) is 18.5 Å². The number of nitrogens with one attached hydrogen (secondary N) is 2. The summed E-state index contributed by atoms with van der Waals surface area (Å²) in [6, 6.07) is 7.20. The van der Waals surface area contributed by atoms with Crippen molar-refractivity contribution in [3.05, 3.63) is 36.9 Å². The summed E-state index contributed by atoms with van der Waals surface area (Å²) in [5.41, 5.74) is 0.631. The Morgan fingerprint density at radius 2 is 2.04 bits per heavy atom. The summed E-state index contributed by atoms with van der Waals surface area (Å²) in [5.74, 6) is -0.156. The molecule has 0 aromatic heterocycles. The predicted molar refractivity (Wildman–Crippen MR) is 97.0 cm³/mol. The molecular formula is C17H22N2O4S. The second-order valence-corrected chi connectivity index (χ2v) is 5.23. The van der Waals surface area contributed by atoms with Crippen LogP contribution in [0.5, 0.6) is 5.75 Å². The van der Waals surface area contributed by atoms with E-state index in [1.807, 2.05) is 19.1 Å². The zero-order valence-corrected chi connectivity index (χ0v) is 14.5. The molecule has 1 aromatic carbocycles. The molecule has 0 aliphatic rings. The smallest absolute Gasteiger partial charge is 0.306 e. The van der Waals surface area contributed by atoms with E-state index < -0.39 is 5.97 Å². The van der Waals surface area contributed by atoms with Gasteiger partial charge in [0.25, 0.3) is 0 Å². The first-order chi connectivity index (χ1) is 11.6. The molecule has 6 nitrogen and oxygen atoms in total. The largest absolute Gasteiger partial charge is 0.487 e. The Morgan fingerprint density at radius 1 is 1.29 bits per heavy atom. The number of anilines is 1. The molecule has 0 saturated heterocycles. The third-order valence-corrected chi connectivity index (χ3v) is 2.97. The van der Waals surface area contributed by atoms with E-state index in [-0.39, 0.29) is 23.9 Å². The topological polar surface area (TPSA) is 76.7 Å². The van der Waals surface area contributed by atoms with Crippen LogP contribution in [0.25, 0.3) is 0 Å². The first kappa shape index (κ1) is 19.6. The Hall–Kier alpha value is -2.41. The molecule has 7 heteroatoms. The summed E-state index contributed by atoms with van der Waals surface area (Å²) in [6.45, 7) is 6.22. The Morgan fingerprint density at radius 3 is 2.75 bits per heavy atom. The molecule has 1 rings (SSSR count). The van der Waals surface area contributed by atoms with Crippen molar-refractivity contribution in [3.63, 3.8) is 0 Å². The van der Waals surface area contributed by atoms with Gasteiger partial charge in [0.1, 0.15) is 12.4 Å². The number of thiocarbonyl (C=S) groups is 1. The van der Waals surface area contributed by atoms with E-state index in [1.54, 1.807) is 18.2 Å². The van der Waals surface area contributed by atoms with Crippen molar-refractivity contribution in [3.8, 4) is 5.75 Å². The molecule has 0 fully saturated rings. The summed E-state index contributed by atoms with van der Waals surface area (Å²) >= 11 is 5.10. The van der Waals surface area contributed by atoms with Crippen LogP contribution in [0.2, 0.25) is 0 Å². The number of amides is 1. The van der Waals surface area contributed by atoms with E-state index >= 15 is 0 Å². The van der Waals surface area contributed by atoms with Gasteiger partial charge in [-0.2, -0.15) is 0 Å². The van der Waals surface area contributed by atoms with Crippen molar-refractivity contribution in [1.82, 2.24) is 5.32 Å². The highest BCUT2D eigenvalue weighted by molar-refractivity contribution is 7.80. The lowest BCUT2D eigenvalue weighted by molar-refractivity contribution is -0.144. The number of hydrogen-bond acceptors (Lipinski definition) is 5. The van der Waals surface area contributed by atoms with Crippen LogP contribution in [0.1, 0.15) is 26.2 Å². The summed E-state index contributed by atoms with van der Waals surface area (Å²) in [5, 5.41) is 5.55. The van der Waals surface area contributed by atoms with E-state index in [0.717, 1.165) is 6.42 Å². The summed E-state index contributed by atoms with van der Waals surface area (Å²) in [6.07, 6.45) is 2.42. The van der Waals surface area contributed by atoms with Crippen molar-refractivity contribution >= 4 is 34.9 Å². The SMILES string of the molecule is C=CCOc1ccccc1NC(=S)NC(=O)CCC(=O)OCCC. The van der Waals surface area contributed by atoms with Gasteiger partial charge >= 0.3 is 5.97 Å². The van der Waals surface area contributed by atoms with Gasteiger partial charge < -0.3 is 20.1 Å². The maximum atomic E-state index is 11.8. The lowest BCUT2D eigenvalue weighted by Gasteiger charge is -2.13. The second-order valence-electron chi connectivity index (χ2n) is 4.82. The number of rotatable bonds is 9. The van der Waals surface area contributed by atoms with Gasteiger partial charge in [-0.25, -0.2) is 0 Å². The molecule has 24 heavy (non-hydrogen) atoms. The third-order valence-electron chi connectivity index (χ3n) is 2.77. The van der Waals surface area contributed by atoms with Gasteiger partial charge in [0.2, 0.25) is 5.91 Å².